The van der Waals surface area contributed by atoms with Gasteiger partial charge in [0.15, 0.2) is 5.76 Å². The third-order valence-corrected chi connectivity index (χ3v) is 6.37. The maximum atomic E-state index is 12.5. The molecular weight excluding hydrogens is 432 g/mol. The summed E-state index contributed by atoms with van der Waals surface area (Å²) in [5.74, 6) is 0.999. The molecule has 180 valence electrons. The molecule has 0 bridgehead atoms. The molecule has 0 saturated heterocycles. The molecular formula is C26H32N4O4. The Bertz CT molecular complexity index is 1130. The van der Waals surface area contributed by atoms with Gasteiger partial charge in [-0.2, -0.15) is 5.10 Å². The number of amides is 2. The zero-order valence-corrected chi connectivity index (χ0v) is 20.0. The molecule has 34 heavy (non-hydrogen) atoms. The molecule has 8 heteroatoms. The van der Waals surface area contributed by atoms with Crippen molar-refractivity contribution in [2.75, 3.05) is 13.6 Å². The minimum absolute atomic E-state index is 0.0376. The van der Waals surface area contributed by atoms with E-state index in [0.717, 1.165) is 48.4 Å². The van der Waals surface area contributed by atoms with Crippen molar-refractivity contribution in [3.8, 4) is 17.1 Å². The number of rotatable bonds is 8. The lowest BCUT2D eigenvalue weighted by atomic mass is 9.94. The van der Waals surface area contributed by atoms with Crippen LogP contribution in [-0.4, -0.2) is 46.1 Å². The second-order valence-corrected chi connectivity index (χ2v) is 8.86. The van der Waals surface area contributed by atoms with E-state index in [2.05, 4.69) is 10.4 Å². The predicted octanol–water partition coefficient (Wildman–Crippen LogP) is 4.09. The smallest absolute Gasteiger partial charge is 0.287 e. The molecule has 1 aliphatic rings. The van der Waals surface area contributed by atoms with E-state index in [1.165, 1.54) is 6.42 Å². The van der Waals surface area contributed by atoms with Gasteiger partial charge in [-0.05, 0) is 62.2 Å². The van der Waals surface area contributed by atoms with Crippen molar-refractivity contribution < 1.29 is 18.7 Å². The Morgan fingerprint density at radius 3 is 2.56 bits per heavy atom. The van der Waals surface area contributed by atoms with Crippen molar-refractivity contribution in [1.82, 2.24) is 20.0 Å². The first-order valence-corrected chi connectivity index (χ1v) is 11.8. The highest BCUT2D eigenvalue weighted by Crippen LogP contribution is 2.25. The maximum Gasteiger partial charge on any atom is 0.287 e. The van der Waals surface area contributed by atoms with Crippen LogP contribution in [-0.2, 0) is 18.4 Å². The van der Waals surface area contributed by atoms with Crippen LogP contribution in [0.4, 0.5) is 0 Å². The summed E-state index contributed by atoms with van der Waals surface area (Å²) < 4.78 is 13.4. The van der Waals surface area contributed by atoms with Crippen LogP contribution in [0, 0.1) is 6.92 Å². The lowest BCUT2D eigenvalue weighted by molar-refractivity contribution is -0.131. The largest absolute Gasteiger partial charge is 0.487 e. The van der Waals surface area contributed by atoms with E-state index < -0.39 is 5.91 Å². The number of furan rings is 1. The van der Waals surface area contributed by atoms with Crippen molar-refractivity contribution in [2.24, 2.45) is 7.05 Å². The summed E-state index contributed by atoms with van der Waals surface area (Å²) in [5.41, 5.74) is 2.78. The predicted molar refractivity (Wildman–Crippen MR) is 128 cm³/mol. The number of aromatic nitrogens is 2. The van der Waals surface area contributed by atoms with Gasteiger partial charge in [-0.3, -0.25) is 14.3 Å². The molecule has 1 fully saturated rings. The van der Waals surface area contributed by atoms with Gasteiger partial charge >= 0.3 is 0 Å². The SMILES string of the molecule is Cc1cc(COc2ccc(-c3ccc(C(=O)NCC(=O)N(C)C4CCCCC4)o3)cc2)n(C)n1. The number of nitrogens with one attached hydrogen (secondary N) is 1. The molecule has 1 aliphatic carbocycles. The molecule has 0 atom stereocenters. The molecule has 0 spiro atoms. The van der Waals surface area contributed by atoms with Crippen LogP contribution in [0.3, 0.4) is 0 Å². The standard InChI is InChI=1S/C26H32N4O4/c1-18-15-21(30(3)28-18)17-33-22-11-9-19(10-12-22)23-13-14-24(34-23)26(32)27-16-25(31)29(2)20-7-5-4-6-8-20/h9-15,20H,4-8,16-17H2,1-3H3,(H,27,32). The van der Waals surface area contributed by atoms with Crippen molar-refractivity contribution in [3.63, 3.8) is 0 Å². The molecule has 1 N–H and O–H groups in total. The summed E-state index contributed by atoms with van der Waals surface area (Å²) >= 11 is 0. The van der Waals surface area contributed by atoms with Gasteiger partial charge in [0.1, 0.15) is 18.1 Å². The van der Waals surface area contributed by atoms with E-state index >= 15 is 0 Å². The van der Waals surface area contributed by atoms with Gasteiger partial charge in [0.05, 0.1) is 17.9 Å². The van der Waals surface area contributed by atoms with Crippen molar-refractivity contribution >= 4 is 11.8 Å². The van der Waals surface area contributed by atoms with E-state index in [1.807, 2.05) is 51.4 Å². The summed E-state index contributed by atoms with van der Waals surface area (Å²) in [7, 11) is 3.71. The third-order valence-electron chi connectivity index (χ3n) is 6.37. The van der Waals surface area contributed by atoms with Crippen LogP contribution in [0.5, 0.6) is 5.75 Å². The average molecular weight is 465 g/mol. The van der Waals surface area contributed by atoms with E-state index in [9.17, 15) is 9.59 Å². The molecule has 0 unspecified atom stereocenters. The second kappa shape index (κ2) is 10.6. The molecule has 0 aliphatic heterocycles. The minimum atomic E-state index is -0.400. The number of likely N-dealkylation sites (N-methyl/N-ethyl adjacent to an activating group) is 1. The van der Waals surface area contributed by atoms with Crippen LogP contribution < -0.4 is 10.1 Å². The Morgan fingerprint density at radius 1 is 1.15 bits per heavy atom. The molecule has 1 saturated carbocycles. The van der Waals surface area contributed by atoms with Gasteiger partial charge in [0.2, 0.25) is 5.91 Å². The Kier molecular flexibility index (Phi) is 7.35. The number of benzene rings is 1. The Hall–Kier alpha value is -3.55. The van der Waals surface area contributed by atoms with Crippen LogP contribution in [0.2, 0.25) is 0 Å². The molecule has 1 aromatic carbocycles. The van der Waals surface area contributed by atoms with E-state index in [-0.39, 0.29) is 24.3 Å². The monoisotopic (exact) mass is 464 g/mol. The molecule has 0 radical (unpaired) electrons. The number of hydrogen-bond donors (Lipinski definition) is 1. The Labute approximate surface area is 199 Å². The van der Waals surface area contributed by atoms with E-state index in [0.29, 0.717) is 12.4 Å². The normalized spacial score (nSPS) is 14.1. The summed E-state index contributed by atoms with van der Waals surface area (Å²) in [4.78, 5) is 26.7. The molecule has 4 rings (SSSR count). The molecule has 2 aromatic heterocycles. The zero-order valence-electron chi connectivity index (χ0n) is 20.0. The lowest BCUT2D eigenvalue weighted by Crippen LogP contribution is -2.44. The highest BCUT2D eigenvalue weighted by molar-refractivity contribution is 5.94. The fraction of sp³-hybridized carbons (Fsp3) is 0.423. The van der Waals surface area contributed by atoms with E-state index in [4.69, 9.17) is 9.15 Å². The number of nitrogens with zero attached hydrogens (tertiary/aromatic N) is 3. The highest BCUT2D eigenvalue weighted by Gasteiger charge is 2.22. The number of hydrogen-bond acceptors (Lipinski definition) is 5. The number of ether oxygens (including phenoxy) is 1. The zero-order chi connectivity index (χ0) is 24.1. The van der Waals surface area contributed by atoms with Gasteiger partial charge in [-0.1, -0.05) is 19.3 Å². The third kappa shape index (κ3) is 5.68. The van der Waals surface area contributed by atoms with Gasteiger partial charge in [0.25, 0.3) is 5.91 Å². The number of carbonyl (C=O) groups is 2. The number of carbonyl (C=O) groups excluding carboxylic acids is 2. The van der Waals surface area contributed by atoms with Crippen molar-refractivity contribution in [2.45, 2.75) is 51.7 Å². The van der Waals surface area contributed by atoms with Gasteiger partial charge in [-0.25, -0.2) is 0 Å². The minimum Gasteiger partial charge on any atom is -0.487 e. The fourth-order valence-corrected chi connectivity index (χ4v) is 4.33. The molecule has 2 heterocycles. The highest BCUT2D eigenvalue weighted by atomic mass is 16.5. The van der Waals surface area contributed by atoms with E-state index in [1.54, 1.807) is 21.7 Å². The van der Waals surface area contributed by atoms with Crippen molar-refractivity contribution in [1.29, 1.82) is 0 Å². The second-order valence-electron chi connectivity index (χ2n) is 8.86. The Morgan fingerprint density at radius 2 is 1.88 bits per heavy atom. The number of aryl methyl sites for hydroxylation is 2. The average Bonchev–Trinajstić information content (AvgIpc) is 3.47. The van der Waals surface area contributed by atoms with Crippen LogP contribution in [0.1, 0.15) is 54.0 Å². The van der Waals surface area contributed by atoms with Gasteiger partial charge in [-0.15, -0.1) is 0 Å². The fourth-order valence-electron chi connectivity index (χ4n) is 4.33. The Balaban J connectivity index is 1.29. The first-order valence-electron chi connectivity index (χ1n) is 11.8. The lowest BCUT2D eigenvalue weighted by Gasteiger charge is -2.31. The molecule has 2 amide bonds. The summed E-state index contributed by atoms with van der Waals surface area (Å²) in [5, 5.41) is 7.00. The molecule has 8 nitrogen and oxygen atoms in total. The van der Waals surface area contributed by atoms with Crippen LogP contribution >= 0.6 is 0 Å². The van der Waals surface area contributed by atoms with Crippen molar-refractivity contribution in [3.05, 3.63) is 59.6 Å². The van der Waals surface area contributed by atoms with Gasteiger partial charge in [0, 0.05) is 25.7 Å². The first kappa shape index (κ1) is 23.6. The topological polar surface area (TPSA) is 89.6 Å². The van der Waals surface area contributed by atoms with Crippen LogP contribution in [0.25, 0.3) is 11.3 Å². The van der Waals surface area contributed by atoms with Gasteiger partial charge < -0.3 is 19.4 Å². The first-order chi connectivity index (χ1) is 16.4. The molecule has 3 aromatic rings. The maximum absolute atomic E-state index is 12.5. The van der Waals surface area contributed by atoms with Crippen LogP contribution in [0.15, 0.2) is 46.9 Å². The summed E-state index contributed by atoms with van der Waals surface area (Å²) in [6, 6.07) is 13.1. The summed E-state index contributed by atoms with van der Waals surface area (Å²) in [6.45, 7) is 2.34. The summed E-state index contributed by atoms with van der Waals surface area (Å²) in [6.07, 6.45) is 5.61. The quantitative estimate of drug-likeness (QED) is 0.542.